The van der Waals surface area contributed by atoms with Crippen molar-refractivity contribution in [1.29, 1.82) is 0 Å². The monoisotopic (exact) mass is 427 g/mol. The Morgan fingerprint density at radius 3 is 2.39 bits per heavy atom. The quantitative estimate of drug-likeness (QED) is 0.581. The number of benzene rings is 1. The molecule has 0 unspecified atom stereocenters. The summed E-state index contributed by atoms with van der Waals surface area (Å²) in [6.45, 7) is 12.2. The zero-order valence-corrected chi connectivity index (χ0v) is 19.0. The molecule has 0 bridgehead atoms. The fraction of sp³-hybridized carbons (Fsp3) is 0.542. The van der Waals surface area contributed by atoms with E-state index in [9.17, 15) is 14.7 Å². The highest BCUT2D eigenvalue weighted by molar-refractivity contribution is 5.95. The summed E-state index contributed by atoms with van der Waals surface area (Å²) in [6, 6.07) is 7.73. The highest BCUT2D eigenvalue weighted by atomic mass is 16.5. The molecule has 31 heavy (non-hydrogen) atoms. The molecular formula is C24H33N3O4. The highest BCUT2D eigenvalue weighted by Crippen LogP contribution is 2.49. The minimum Gasteiger partial charge on any atom is -0.481 e. The van der Waals surface area contributed by atoms with E-state index in [1.54, 1.807) is 13.0 Å². The summed E-state index contributed by atoms with van der Waals surface area (Å²) in [5, 5.41) is 16.3. The molecule has 0 saturated heterocycles. The summed E-state index contributed by atoms with van der Waals surface area (Å²) in [6.07, 6.45) is 0.762. The molecule has 3 rings (SSSR count). The number of nitrogens with zero attached hydrogens (tertiary/aromatic N) is 2. The van der Waals surface area contributed by atoms with Gasteiger partial charge in [-0.3, -0.25) is 9.59 Å². The Morgan fingerprint density at radius 2 is 1.87 bits per heavy atom. The van der Waals surface area contributed by atoms with Gasteiger partial charge in [0.1, 0.15) is 5.76 Å². The molecule has 0 radical (unpaired) electrons. The number of aromatic nitrogens is 1. The first-order valence-corrected chi connectivity index (χ1v) is 11.0. The van der Waals surface area contributed by atoms with Crippen molar-refractivity contribution in [3.05, 3.63) is 41.3 Å². The number of carboxylic acid groups (broad SMARTS) is 1. The molecule has 2 aromatic rings. The third-order valence-corrected chi connectivity index (χ3v) is 5.36. The lowest BCUT2D eigenvalue weighted by atomic mass is 10.0. The lowest BCUT2D eigenvalue weighted by molar-refractivity contribution is -0.138. The first-order valence-electron chi connectivity index (χ1n) is 11.0. The lowest BCUT2D eigenvalue weighted by Crippen LogP contribution is -2.32. The van der Waals surface area contributed by atoms with Crippen molar-refractivity contribution >= 4 is 23.3 Å². The fourth-order valence-electron chi connectivity index (χ4n) is 4.01. The van der Waals surface area contributed by atoms with Crippen molar-refractivity contribution in [1.82, 2.24) is 5.16 Å². The van der Waals surface area contributed by atoms with Crippen LogP contribution in [0.2, 0.25) is 0 Å². The number of anilines is 2. The molecule has 0 spiro atoms. The van der Waals surface area contributed by atoms with Gasteiger partial charge in [-0.25, -0.2) is 0 Å². The van der Waals surface area contributed by atoms with E-state index < -0.39 is 5.97 Å². The first kappa shape index (κ1) is 22.8. The molecule has 2 N–H and O–H groups in total. The molecule has 1 heterocycles. The second-order valence-corrected chi connectivity index (χ2v) is 9.41. The average Bonchev–Trinajstić information content (AvgIpc) is 3.37. The van der Waals surface area contributed by atoms with Crippen LogP contribution in [-0.4, -0.2) is 35.2 Å². The third-order valence-electron chi connectivity index (χ3n) is 5.36. The number of rotatable bonds is 10. The molecule has 1 aromatic carbocycles. The number of aliphatic carboxylic acids is 1. The molecule has 0 aliphatic heterocycles. The average molecular weight is 428 g/mol. The van der Waals surface area contributed by atoms with Crippen LogP contribution in [0.3, 0.4) is 0 Å². The second-order valence-electron chi connectivity index (χ2n) is 9.41. The van der Waals surface area contributed by atoms with Crippen molar-refractivity contribution in [2.75, 3.05) is 23.3 Å². The predicted octanol–water partition coefficient (Wildman–Crippen LogP) is 4.47. The first-order chi connectivity index (χ1) is 14.6. The maximum Gasteiger partial charge on any atom is 0.307 e. The summed E-state index contributed by atoms with van der Waals surface area (Å²) >= 11 is 0. The Kier molecular flexibility index (Phi) is 7.03. The summed E-state index contributed by atoms with van der Waals surface area (Å²) in [7, 11) is 0. The smallest absolute Gasteiger partial charge is 0.307 e. The number of nitrogens with one attached hydrogen (secondary N) is 1. The van der Waals surface area contributed by atoms with Gasteiger partial charge in [-0.1, -0.05) is 38.9 Å². The van der Waals surface area contributed by atoms with Crippen LogP contribution in [0.15, 0.2) is 28.8 Å². The molecule has 168 valence electrons. The van der Waals surface area contributed by atoms with Gasteiger partial charge < -0.3 is 19.8 Å². The molecule has 7 heteroatoms. The largest absolute Gasteiger partial charge is 0.481 e. The van der Waals surface area contributed by atoms with Crippen LogP contribution >= 0.6 is 0 Å². The van der Waals surface area contributed by atoms with E-state index >= 15 is 0 Å². The lowest BCUT2D eigenvalue weighted by Gasteiger charge is -2.30. The van der Waals surface area contributed by atoms with Crippen LogP contribution < -0.4 is 10.2 Å². The summed E-state index contributed by atoms with van der Waals surface area (Å²) in [5.74, 6) is 0.311. The fourth-order valence-corrected chi connectivity index (χ4v) is 4.01. The van der Waals surface area contributed by atoms with Crippen molar-refractivity contribution in [3.63, 3.8) is 0 Å². The number of carboxylic acids is 1. The van der Waals surface area contributed by atoms with Crippen molar-refractivity contribution in [3.8, 4) is 0 Å². The van der Waals surface area contributed by atoms with E-state index in [0.29, 0.717) is 29.7 Å². The molecule has 2 atom stereocenters. The minimum absolute atomic E-state index is 0.00374. The Morgan fingerprint density at radius 1 is 1.19 bits per heavy atom. The van der Waals surface area contributed by atoms with E-state index in [4.69, 9.17) is 4.52 Å². The van der Waals surface area contributed by atoms with E-state index in [1.165, 1.54) is 0 Å². The minimum atomic E-state index is -0.762. The summed E-state index contributed by atoms with van der Waals surface area (Å²) < 4.78 is 5.06. The second kappa shape index (κ2) is 9.54. The van der Waals surface area contributed by atoms with Gasteiger partial charge in [0.15, 0.2) is 0 Å². The summed E-state index contributed by atoms with van der Waals surface area (Å²) in [5.41, 5.74) is 3.23. The van der Waals surface area contributed by atoms with Crippen molar-refractivity contribution in [2.24, 2.45) is 17.8 Å². The van der Waals surface area contributed by atoms with Crippen molar-refractivity contribution < 1.29 is 19.2 Å². The van der Waals surface area contributed by atoms with Gasteiger partial charge in [-0.05, 0) is 48.8 Å². The van der Waals surface area contributed by atoms with Crippen LogP contribution in [-0.2, 0) is 16.0 Å². The van der Waals surface area contributed by atoms with Crippen LogP contribution in [0.25, 0.3) is 0 Å². The number of hydrogen-bond donors (Lipinski definition) is 2. The molecule has 7 nitrogen and oxygen atoms in total. The molecule has 1 aliphatic rings. The van der Waals surface area contributed by atoms with Crippen molar-refractivity contribution in [2.45, 2.75) is 53.4 Å². The maximum absolute atomic E-state index is 12.8. The van der Waals surface area contributed by atoms with Gasteiger partial charge >= 0.3 is 5.97 Å². The number of hydrogen-bond acceptors (Lipinski definition) is 5. The standard InChI is InChI=1S/C24H33N3O4/c1-14(2)12-27(13-15(3)4)22-7-6-17(19-11-20(19)24(29)30)9-21(22)25-23(28)10-18-8-16(5)31-26-18/h6-9,14-15,19-20H,10-13H2,1-5H3,(H,25,28)(H,29,30)/t19-,20-/m1/s1. The number of amides is 1. The molecule has 1 aliphatic carbocycles. The Hall–Kier alpha value is -2.83. The van der Waals surface area contributed by atoms with Gasteiger partial charge in [0.2, 0.25) is 5.91 Å². The van der Waals surface area contributed by atoms with Crippen LogP contribution in [0.4, 0.5) is 11.4 Å². The predicted molar refractivity (Wildman–Crippen MR) is 120 cm³/mol. The molecular weight excluding hydrogens is 394 g/mol. The van der Waals surface area contributed by atoms with Crippen LogP contribution in [0.5, 0.6) is 0 Å². The summed E-state index contributed by atoms with van der Waals surface area (Å²) in [4.78, 5) is 26.4. The molecule has 1 amide bonds. The van der Waals surface area contributed by atoms with Crippen LogP contribution in [0.1, 0.15) is 57.1 Å². The third kappa shape index (κ3) is 6.09. The van der Waals surface area contributed by atoms with Gasteiger partial charge in [-0.2, -0.15) is 0 Å². The number of aryl methyl sites for hydroxylation is 1. The van der Waals surface area contributed by atoms with Gasteiger partial charge in [0.25, 0.3) is 0 Å². The Balaban J connectivity index is 1.89. The van der Waals surface area contributed by atoms with E-state index in [2.05, 4.69) is 43.1 Å². The Bertz CT molecular complexity index is 925. The maximum atomic E-state index is 12.8. The van der Waals surface area contributed by atoms with E-state index in [-0.39, 0.29) is 24.2 Å². The van der Waals surface area contributed by atoms with Gasteiger partial charge in [0, 0.05) is 19.2 Å². The highest BCUT2D eigenvalue weighted by Gasteiger charge is 2.44. The number of carbonyl (C=O) groups is 2. The molecule has 1 saturated carbocycles. The van der Waals surface area contributed by atoms with Gasteiger partial charge in [-0.15, -0.1) is 0 Å². The zero-order chi connectivity index (χ0) is 22.7. The van der Waals surface area contributed by atoms with E-state index in [1.807, 2.05) is 18.2 Å². The number of carbonyl (C=O) groups excluding carboxylic acids is 1. The normalized spacial score (nSPS) is 17.8. The topological polar surface area (TPSA) is 95.7 Å². The zero-order valence-electron chi connectivity index (χ0n) is 19.0. The van der Waals surface area contributed by atoms with E-state index in [0.717, 1.165) is 30.0 Å². The SMILES string of the molecule is Cc1cc(CC(=O)Nc2cc([C@H]3C[C@H]3C(=O)O)ccc2N(CC(C)C)CC(C)C)no1. The Labute approximate surface area is 183 Å². The molecule has 1 aromatic heterocycles. The van der Waals surface area contributed by atoms with Gasteiger partial charge in [0.05, 0.1) is 29.4 Å². The van der Waals surface area contributed by atoms with Crippen LogP contribution in [0, 0.1) is 24.7 Å². The molecule has 1 fully saturated rings.